The molecule has 0 aliphatic heterocycles. The average molecular weight is 611 g/mol. The molecule has 0 spiro atoms. The number of pyridine rings is 1. The lowest BCUT2D eigenvalue weighted by Gasteiger charge is -2.17. The van der Waals surface area contributed by atoms with Crippen molar-refractivity contribution in [2.75, 3.05) is 0 Å². The van der Waals surface area contributed by atoms with Gasteiger partial charge in [-0.15, -0.1) is 0 Å². The number of benzene rings is 5. The Labute approximate surface area is 271 Å². The van der Waals surface area contributed by atoms with Gasteiger partial charge < -0.3 is 0 Å². The van der Waals surface area contributed by atoms with Crippen molar-refractivity contribution in [3.8, 4) is 67.5 Å². The summed E-state index contributed by atoms with van der Waals surface area (Å²) >= 11 is 0. The van der Waals surface area contributed by atoms with Crippen LogP contribution in [0.1, 0.15) is 0 Å². The second kappa shape index (κ2) is 12.5. The minimum Gasteiger partial charge on any atom is -0.264 e. The van der Waals surface area contributed by atoms with Gasteiger partial charge in [0.15, 0.2) is 17.5 Å². The van der Waals surface area contributed by atoms with Crippen LogP contribution < -0.4 is 5.19 Å². The van der Waals surface area contributed by atoms with Gasteiger partial charge in [0.05, 0.1) is 8.07 Å². The first kappa shape index (κ1) is 29.2. The Morgan fingerprint density at radius 2 is 0.826 bits per heavy atom. The summed E-state index contributed by atoms with van der Waals surface area (Å²) < 4.78 is 0. The van der Waals surface area contributed by atoms with Crippen LogP contribution in [0.4, 0.5) is 0 Å². The molecular formula is C41H34N4Si. The van der Waals surface area contributed by atoms with Crippen molar-refractivity contribution in [3.05, 3.63) is 152 Å². The summed E-state index contributed by atoms with van der Waals surface area (Å²) in [7, 11) is -1.38. The molecule has 7 aromatic rings. The monoisotopic (exact) mass is 610 g/mol. The minimum absolute atomic E-state index is 0.597. The van der Waals surface area contributed by atoms with E-state index < -0.39 is 8.07 Å². The highest BCUT2D eigenvalue weighted by Gasteiger charge is 2.17. The maximum atomic E-state index is 4.91. The molecule has 222 valence electrons. The molecule has 2 heterocycles. The van der Waals surface area contributed by atoms with E-state index in [9.17, 15) is 0 Å². The Morgan fingerprint density at radius 1 is 0.370 bits per heavy atom. The third kappa shape index (κ3) is 6.32. The molecule has 4 nitrogen and oxygen atoms in total. The average Bonchev–Trinajstić information content (AvgIpc) is 3.12. The lowest BCUT2D eigenvalue weighted by molar-refractivity contribution is 1.07. The highest BCUT2D eigenvalue weighted by Crippen LogP contribution is 2.31. The van der Waals surface area contributed by atoms with Crippen LogP contribution in [0.2, 0.25) is 19.6 Å². The standard InChI is InChI=1S/C41H34N4Si/c1-46(2,3)38-19-9-16-35(27-38)30-22-20-29(21-23-30)32-13-7-14-33(25-32)34-15-8-17-36(26-34)40-43-39(31-11-5-4-6-12-31)44-41(45-40)37-18-10-24-42-28-37/h4-28H,1-3H3. The van der Waals surface area contributed by atoms with Crippen LogP contribution in [0.25, 0.3) is 67.5 Å². The SMILES string of the molecule is C[Si](C)(C)c1cccc(-c2ccc(-c3cccc(-c4cccc(-c5nc(-c6ccccc6)nc(-c6cccnc6)n5)c4)c3)cc2)c1. The van der Waals surface area contributed by atoms with E-state index in [1.807, 2.05) is 42.5 Å². The molecule has 7 rings (SSSR count). The summed E-state index contributed by atoms with van der Waals surface area (Å²) in [5, 5.41) is 1.48. The van der Waals surface area contributed by atoms with E-state index in [-0.39, 0.29) is 0 Å². The zero-order valence-corrected chi connectivity index (χ0v) is 27.2. The fourth-order valence-electron chi connectivity index (χ4n) is 5.58. The van der Waals surface area contributed by atoms with E-state index in [2.05, 4.69) is 122 Å². The Kier molecular flexibility index (Phi) is 7.91. The van der Waals surface area contributed by atoms with Crippen molar-refractivity contribution in [2.45, 2.75) is 19.6 Å². The molecule has 0 radical (unpaired) electrons. The van der Waals surface area contributed by atoms with Crippen LogP contribution in [0.3, 0.4) is 0 Å². The van der Waals surface area contributed by atoms with E-state index in [4.69, 9.17) is 15.0 Å². The predicted molar refractivity (Wildman–Crippen MR) is 193 cm³/mol. The summed E-state index contributed by atoms with van der Waals surface area (Å²) in [6, 6.07) is 49.0. The lowest BCUT2D eigenvalue weighted by atomic mass is 9.96. The van der Waals surface area contributed by atoms with Crippen LogP contribution in [0, 0.1) is 0 Å². The van der Waals surface area contributed by atoms with Crippen LogP contribution in [0.15, 0.2) is 152 Å². The molecule has 0 amide bonds. The Bertz CT molecular complexity index is 2060. The molecule has 0 saturated carbocycles. The maximum Gasteiger partial charge on any atom is 0.165 e. The van der Waals surface area contributed by atoms with E-state index in [0.717, 1.165) is 27.8 Å². The Morgan fingerprint density at radius 3 is 1.41 bits per heavy atom. The molecule has 46 heavy (non-hydrogen) atoms. The fourth-order valence-corrected chi connectivity index (χ4v) is 6.77. The molecule has 2 aromatic heterocycles. The van der Waals surface area contributed by atoms with Gasteiger partial charge >= 0.3 is 0 Å². The third-order valence-corrected chi connectivity index (χ3v) is 10.2. The van der Waals surface area contributed by atoms with Crippen LogP contribution in [0.5, 0.6) is 0 Å². The van der Waals surface area contributed by atoms with Gasteiger partial charge in [0.25, 0.3) is 0 Å². The van der Waals surface area contributed by atoms with Gasteiger partial charge in [-0.25, -0.2) is 15.0 Å². The van der Waals surface area contributed by atoms with Crippen LogP contribution in [-0.2, 0) is 0 Å². The summed E-state index contributed by atoms with van der Waals surface area (Å²) in [6.07, 6.45) is 3.54. The molecule has 0 aliphatic rings. The van der Waals surface area contributed by atoms with Crippen LogP contribution in [-0.4, -0.2) is 28.0 Å². The Balaban J connectivity index is 1.21. The minimum atomic E-state index is -1.38. The summed E-state index contributed by atoms with van der Waals surface area (Å²) in [6.45, 7) is 7.18. The molecule has 0 saturated heterocycles. The molecular weight excluding hydrogens is 577 g/mol. The van der Waals surface area contributed by atoms with Crippen LogP contribution >= 0.6 is 0 Å². The van der Waals surface area contributed by atoms with Crippen molar-refractivity contribution in [1.29, 1.82) is 0 Å². The predicted octanol–water partition coefficient (Wildman–Crippen LogP) is 9.81. The number of rotatable bonds is 7. The zero-order chi connectivity index (χ0) is 31.5. The first-order valence-corrected chi connectivity index (χ1v) is 19.0. The molecule has 5 heteroatoms. The van der Waals surface area contributed by atoms with Gasteiger partial charge in [-0.1, -0.05) is 140 Å². The van der Waals surface area contributed by atoms with Gasteiger partial charge in [0.2, 0.25) is 0 Å². The van der Waals surface area contributed by atoms with Gasteiger partial charge in [-0.2, -0.15) is 0 Å². The van der Waals surface area contributed by atoms with Gasteiger partial charge in [0.1, 0.15) is 0 Å². The van der Waals surface area contributed by atoms with Gasteiger partial charge in [-0.05, 0) is 57.6 Å². The van der Waals surface area contributed by atoms with E-state index in [1.165, 1.54) is 27.4 Å². The second-order valence-electron chi connectivity index (χ2n) is 12.5. The molecule has 0 fully saturated rings. The third-order valence-electron chi connectivity index (χ3n) is 8.18. The number of hydrogen-bond donors (Lipinski definition) is 0. The summed E-state index contributed by atoms with van der Waals surface area (Å²) in [5.41, 5.74) is 9.84. The van der Waals surface area contributed by atoms with E-state index in [1.54, 1.807) is 12.4 Å². The summed E-state index contributed by atoms with van der Waals surface area (Å²) in [5.74, 6) is 1.85. The summed E-state index contributed by atoms with van der Waals surface area (Å²) in [4.78, 5) is 18.9. The Hall–Kier alpha value is -5.52. The maximum absolute atomic E-state index is 4.91. The van der Waals surface area contributed by atoms with E-state index in [0.29, 0.717) is 17.5 Å². The van der Waals surface area contributed by atoms with E-state index >= 15 is 0 Å². The molecule has 0 atom stereocenters. The normalized spacial score (nSPS) is 11.4. The first-order valence-electron chi connectivity index (χ1n) is 15.5. The van der Waals surface area contributed by atoms with Crippen molar-refractivity contribution in [2.24, 2.45) is 0 Å². The van der Waals surface area contributed by atoms with Gasteiger partial charge in [-0.3, -0.25) is 4.98 Å². The zero-order valence-electron chi connectivity index (χ0n) is 26.2. The second-order valence-corrected chi connectivity index (χ2v) is 17.6. The quantitative estimate of drug-likeness (QED) is 0.169. The molecule has 0 N–H and O–H groups in total. The van der Waals surface area contributed by atoms with Crippen molar-refractivity contribution >= 4 is 13.3 Å². The van der Waals surface area contributed by atoms with Crippen molar-refractivity contribution < 1.29 is 0 Å². The number of aromatic nitrogens is 4. The largest absolute Gasteiger partial charge is 0.264 e. The fraction of sp³-hybridized carbons (Fsp3) is 0.0732. The van der Waals surface area contributed by atoms with Crippen molar-refractivity contribution in [3.63, 3.8) is 0 Å². The highest BCUT2D eigenvalue weighted by molar-refractivity contribution is 6.88. The van der Waals surface area contributed by atoms with Crippen molar-refractivity contribution in [1.82, 2.24) is 19.9 Å². The number of hydrogen-bond acceptors (Lipinski definition) is 4. The number of nitrogens with zero attached hydrogens (tertiary/aromatic N) is 4. The molecule has 0 bridgehead atoms. The smallest absolute Gasteiger partial charge is 0.165 e. The molecule has 0 aliphatic carbocycles. The highest BCUT2D eigenvalue weighted by atomic mass is 28.3. The first-order chi connectivity index (χ1) is 22.4. The lowest BCUT2D eigenvalue weighted by Crippen LogP contribution is -2.37. The molecule has 5 aromatic carbocycles. The molecule has 0 unspecified atom stereocenters. The topological polar surface area (TPSA) is 51.6 Å². The van der Waals surface area contributed by atoms with Gasteiger partial charge in [0, 0.05) is 29.1 Å².